The minimum atomic E-state index is -0.663. The van der Waals surface area contributed by atoms with Crippen molar-refractivity contribution < 1.29 is 28.8 Å². The van der Waals surface area contributed by atoms with Crippen molar-refractivity contribution in [1.29, 1.82) is 0 Å². The summed E-state index contributed by atoms with van der Waals surface area (Å²) in [7, 11) is 0. The van der Waals surface area contributed by atoms with E-state index in [1.807, 2.05) is 36.4 Å². The Bertz CT molecular complexity index is 2190. The first kappa shape index (κ1) is 39.1. The van der Waals surface area contributed by atoms with Gasteiger partial charge in [0.15, 0.2) is 0 Å². The van der Waals surface area contributed by atoms with Gasteiger partial charge in [-0.05, 0) is 59.7 Å². The number of carbonyl (C=O) groups is 6. The summed E-state index contributed by atoms with van der Waals surface area (Å²) in [5, 5.41) is 16.0. The predicted octanol–water partition coefficient (Wildman–Crippen LogP) is 6.77. The Labute approximate surface area is 320 Å². The minimum absolute atomic E-state index is 0.192. The lowest BCUT2D eigenvalue weighted by atomic mass is 10.0. The second-order valence-electron chi connectivity index (χ2n) is 12.0. The number of para-hydroxylation sites is 2. The molecule has 0 bridgehead atoms. The number of amides is 8. The van der Waals surface area contributed by atoms with E-state index in [9.17, 15) is 28.8 Å². The topological polar surface area (TPSA) is 258 Å². The number of nitrogens with one attached hydrogen (secondary N) is 8. The molecule has 2 aromatic heterocycles. The third-order valence-electron chi connectivity index (χ3n) is 7.83. The Morgan fingerprint density at radius 1 is 0.429 bits per heavy atom. The van der Waals surface area contributed by atoms with Crippen LogP contribution in [-0.4, -0.2) is 45.7 Å². The van der Waals surface area contributed by atoms with Crippen LogP contribution in [-0.2, 0) is 9.59 Å². The van der Waals surface area contributed by atoms with Crippen LogP contribution in [0, 0.1) is 0 Å². The van der Waals surface area contributed by atoms with E-state index in [-0.39, 0.29) is 46.6 Å². The van der Waals surface area contributed by atoms with Crippen LogP contribution in [0.2, 0.25) is 0 Å². The molecule has 0 fully saturated rings. The zero-order chi connectivity index (χ0) is 40.2. The standard InChI is InChI=1S/2C20H19N5O3/c2*1-12(26)23-19-17(18(21)27)16(11-22-19)13-7-9-15(10-8-13)25-20(28)24-14-5-3-2-4-6-14/h2*2-11,22H,1H3,(H2,21,27)(H,23,26)(H2,24,25,28). The summed E-state index contributed by atoms with van der Waals surface area (Å²) < 4.78 is 0. The van der Waals surface area contributed by atoms with Gasteiger partial charge in [0.25, 0.3) is 11.8 Å². The molecule has 0 unspecified atom stereocenters. The largest absolute Gasteiger partial charge is 0.365 e. The number of rotatable bonds is 10. The monoisotopic (exact) mass is 754 g/mol. The highest BCUT2D eigenvalue weighted by molar-refractivity contribution is 6.08. The van der Waals surface area contributed by atoms with Crippen molar-refractivity contribution in [1.82, 2.24) is 9.97 Å². The number of hydrogen-bond acceptors (Lipinski definition) is 6. The number of nitrogens with two attached hydrogens (primary N) is 2. The van der Waals surface area contributed by atoms with Gasteiger partial charge in [-0.15, -0.1) is 0 Å². The second-order valence-corrected chi connectivity index (χ2v) is 12.0. The van der Waals surface area contributed by atoms with Crippen molar-refractivity contribution in [2.75, 3.05) is 31.9 Å². The molecule has 16 heteroatoms. The third kappa shape index (κ3) is 10.5. The maximum absolute atomic E-state index is 12.1. The third-order valence-corrected chi connectivity index (χ3v) is 7.83. The molecule has 2 heterocycles. The lowest BCUT2D eigenvalue weighted by molar-refractivity contribution is -0.115. The van der Waals surface area contributed by atoms with E-state index in [1.54, 1.807) is 85.2 Å². The van der Waals surface area contributed by atoms with E-state index in [0.717, 1.165) is 0 Å². The highest BCUT2D eigenvalue weighted by Crippen LogP contribution is 2.31. The number of primary amides is 2. The Balaban J connectivity index is 0.000000214. The fourth-order valence-corrected chi connectivity index (χ4v) is 5.46. The van der Waals surface area contributed by atoms with E-state index in [1.165, 1.54) is 13.8 Å². The number of H-pyrrole nitrogens is 2. The van der Waals surface area contributed by atoms with Crippen molar-refractivity contribution >= 4 is 70.1 Å². The summed E-state index contributed by atoms with van der Waals surface area (Å²) in [6.45, 7) is 2.68. The molecule has 6 aromatic rings. The molecule has 0 atom stereocenters. The SMILES string of the molecule is CC(=O)Nc1[nH]cc(-c2ccc(NC(=O)Nc3ccccc3)cc2)c1C(N)=O.CC(=O)Nc1[nH]cc(-c2ccc(NC(=O)Nc3ccccc3)cc2)c1C(N)=O. The van der Waals surface area contributed by atoms with Gasteiger partial charge in [-0.1, -0.05) is 60.7 Å². The summed E-state index contributed by atoms with van der Waals surface area (Å²) in [6, 6.07) is 31.2. The molecule has 0 radical (unpaired) electrons. The molecule has 0 spiro atoms. The van der Waals surface area contributed by atoms with E-state index < -0.39 is 11.8 Å². The van der Waals surface area contributed by atoms with Gasteiger partial charge in [0.05, 0.1) is 11.1 Å². The van der Waals surface area contributed by atoms with Gasteiger partial charge in [-0.3, -0.25) is 19.2 Å². The Hall–Kier alpha value is -8.14. The van der Waals surface area contributed by atoms with Crippen LogP contribution in [0.1, 0.15) is 34.6 Å². The molecule has 284 valence electrons. The Kier molecular flexibility index (Phi) is 12.6. The van der Waals surface area contributed by atoms with Crippen LogP contribution in [0.3, 0.4) is 0 Å². The zero-order valence-corrected chi connectivity index (χ0v) is 30.2. The molecule has 0 aliphatic rings. The van der Waals surface area contributed by atoms with Gasteiger partial charge < -0.3 is 53.3 Å². The van der Waals surface area contributed by atoms with Gasteiger partial charge in [0.1, 0.15) is 11.6 Å². The maximum atomic E-state index is 12.1. The van der Waals surface area contributed by atoms with Crippen molar-refractivity contribution in [2.45, 2.75) is 13.8 Å². The van der Waals surface area contributed by atoms with Crippen LogP contribution < -0.4 is 43.4 Å². The van der Waals surface area contributed by atoms with Crippen LogP contribution in [0.15, 0.2) is 122 Å². The van der Waals surface area contributed by atoms with Crippen LogP contribution in [0.25, 0.3) is 22.3 Å². The molecular weight excluding hydrogens is 717 g/mol. The molecule has 12 N–H and O–H groups in total. The fraction of sp³-hybridized carbons (Fsp3) is 0.0500. The molecular formula is C40H38N10O6. The first-order valence-corrected chi connectivity index (χ1v) is 16.9. The summed E-state index contributed by atoms with van der Waals surface area (Å²) in [5.41, 5.74) is 16.4. The maximum Gasteiger partial charge on any atom is 0.323 e. The van der Waals surface area contributed by atoms with Crippen LogP contribution >= 0.6 is 0 Å². The quantitative estimate of drug-likeness (QED) is 0.0721. The first-order valence-electron chi connectivity index (χ1n) is 16.9. The Morgan fingerprint density at radius 2 is 0.732 bits per heavy atom. The average molecular weight is 755 g/mol. The van der Waals surface area contributed by atoms with Gasteiger partial charge in [-0.25, -0.2) is 9.59 Å². The summed E-state index contributed by atoms with van der Waals surface area (Å²) in [4.78, 5) is 76.0. The molecule has 8 amide bonds. The lowest BCUT2D eigenvalue weighted by Crippen LogP contribution is -2.19. The van der Waals surface area contributed by atoms with E-state index in [2.05, 4.69) is 41.9 Å². The first-order chi connectivity index (χ1) is 26.9. The molecule has 0 aliphatic carbocycles. The molecule has 0 saturated carbocycles. The van der Waals surface area contributed by atoms with E-state index in [4.69, 9.17) is 11.5 Å². The smallest absolute Gasteiger partial charge is 0.323 e. The number of anilines is 6. The predicted molar refractivity (Wildman–Crippen MR) is 216 cm³/mol. The van der Waals surface area contributed by atoms with Gasteiger partial charge in [-0.2, -0.15) is 0 Å². The highest BCUT2D eigenvalue weighted by atomic mass is 16.2. The number of aromatic amines is 2. The number of urea groups is 2. The number of benzene rings is 4. The highest BCUT2D eigenvalue weighted by Gasteiger charge is 2.20. The molecule has 0 saturated heterocycles. The summed E-state index contributed by atoms with van der Waals surface area (Å²) >= 11 is 0. The van der Waals surface area contributed by atoms with Gasteiger partial charge in [0, 0.05) is 60.1 Å². The van der Waals surface area contributed by atoms with Crippen molar-refractivity contribution in [3.8, 4) is 22.3 Å². The summed E-state index contributed by atoms with van der Waals surface area (Å²) in [5.74, 6) is -1.47. The summed E-state index contributed by atoms with van der Waals surface area (Å²) in [6.07, 6.45) is 3.19. The van der Waals surface area contributed by atoms with E-state index in [0.29, 0.717) is 45.0 Å². The van der Waals surface area contributed by atoms with E-state index >= 15 is 0 Å². The lowest BCUT2D eigenvalue weighted by Gasteiger charge is -2.09. The van der Waals surface area contributed by atoms with Crippen LogP contribution in [0.5, 0.6) is 0 Å². The van der Waals surface area contributed by atoms with Crippen LogP contribution in [0.4, 0.5) is 44.0 Å². The molecule has 0 aliphatic heterocycles. The fourth-order valence-electron chi connectivity index (χ4n) is 5.46. The number of carbonyl (C=O) groups excluding carboxylic acids is 6. The minimum Gasteiger partial charge on any atom is -0.365 e. The normalized spacial score (nSPS) is 10.2. The molecule has 4 aromatic carbocycles. The molecule has 16 nitrogen and oxygen atoms in total. The Morgan fingerprint density at radius 3 is 1.02 bits per heavy atom. The number of aromatic nitrogens is 2. The van der Waals surface area contributed by atoms with Gasteiger partial charge >= 0.3 is 12.1 Å². The average Bonchev–Trinajstić information content (AvgIpc) is 3.77. The number of hydrogen-bond donors (Lipinski definition) is 10. The van der Waals surface area contributed by atoms with Crippen molar-refractivity contribution in [3.05, 3.63) is 133 Å². The van der Waals surface area contributed by atoms with Crippen molar-refractivity contribution in [3.63, 3.8) is 0 Å². The molecule has 56 heavy (non-hydrogen) atoms. The zero-order valence-electron chi connectivity index (χ0n) is 30.2. The van der Waals surface area contributed by atoms with Gasteiger partial charge in [0.2, 0.25) is 11.8 Å². The second kappa shape index (κ2) is 18.1. The van der Waals surface area contributed by atoms with Crippen molar-refractivity contribution in [2.24, 2.45) is 11.5 Å². The molecule has 6 rings (SSSR count).